The molecule has 0 saturated carbocycles. The Labute approximate surface area is 112 Å². The van der Waals surface area contributed by atoms with Gasteiger partial charge in [0.25, 0.3) is 0 Å². The number of hydrogen-bond acceptors (Lipinski definition) is 3. The molecular formula is C15H28O3. The largest absolute Gasteiger partial charge is 0.359 e. The van der Waals surface area contributed by atoms with Gasteiger partial charge in [-0.1, -0.05) is 37.8 Å². The lowest BCUT2D eigenvalue weighted by molar-refractivity contribution is -0.107. The zero-order valence-electron chi connectivity index (χ0n) is 11.7. The lowest BCUT2D eigenvalue weighted by atomic mass is 10.1. The molecule has 0 saturated heterocycles. The highest BCUT2D eigenvalue weighted by Gasteiger charge is 1.90. The van der Waals surface area contributed by atoms with Crippen LogP contribution in [0.25, 0.3) is 0 Å². The minimum absolute atomic E-state index is 0.387. The van der Waals surface area contributed by atoms with Crippen LogP contribution in [0.5, 0.6) is 0 Å². The summed E-state index contributed by atoms with van der Waals surface area (Å²) >= 11 is 0. The van der Waals surface area contributed by atoms with Gasteiger partial charge in [-0.2, -0.15) is 0 Å². The average molecular weight is 256 g/mol. The molecule has 0 aliphatic carbocycles. The van der Waals surface area contributed by atoms with Crippen molar-refractivity contribution in [2.75, 3.05) is 20.5 Å². The van der Waals surface area contributed by atoms with Crippen LogP contribution in [0.1, 0.15) is 57.8 Å². The molecule has 18 heavy (non-hydrogen) atoms. The van der Waals surface area contributed by atoms with Crippen molar-refractivity contribution in [2.45, 2.75) is 57.8 Å². The second kappa shape index (κ2) is 16.3. The average Bonchev–Trinajstić information content (AvgIpc) is 2.39. The molecule has 0 amide bonds. The lowest BCUT2D eigenvalue weighted by Crippen LogP contribution is -1.96. The number of carbonyl (C=O) groups is 1. The van der Waals surface area contributed by atoms with Crippen molar-refractivity contribution in [1.29, 1.82) is 0 Å². The maximum Gasteiger partial charge on any atom is 0.146 e. The molecule has 0 atom stereocenters. The Morgan fingerprint density at radius 2 is 1.44 bits per heavy atom. The normalized spacial score (nSPS) is 11.2. The van der Waals surface area contributed by atoms with Crippen LogP contribution >= 0.6 is 0 Å². The van der Waals surface area contributed by atoms with Crippen LogP contribution in [0.15, 0.2) is 12.2 Å². The molecule has 0 N–H and O–H groups in total. The highest BCUT2D eigenvalue weighted by atomic mass is 16.7. The summed E-state index contributed by atoms with van der Waals surface area (Å²) in [6.07, 6.45) is 15.7. The molecule has 0 aromatic rings. The summed E-state index contributed by atoms with van der Waals surface area (Å²) in [4.78, 5) is 10.1. The van der Waals surface area contributed by atoms with Crippen LogP contribution in [0.3, 0.4) is 0 Å². The van der Waals surface area contributed by atoms with Crippen LogP contribution in [-0.2, 0) is 14.3 Å². The van der Waals surface area contributed by atoms with Crippen molar-refractivity contribution in [1.82, 2.24) is 0 Å². The number of allylic oxidation sites excluding steroid dienone is 1. The summed E-state index contributed by atoms with van der Waals surface area (Å²) in [5.41, 5.74) is 0. The van der Waals surface area contributed by atoms with Gasteiger partial charge in [0.15, 0.2) is 0 Å². The van der Waals surface area contributed by atoms with Crippen LogP contribution in [0.4, 0.5) is 0 Å². The van der Waals surface area contributed by atoms with Crippen molar-refractivity contribution in [3.63, 3.8) is 0 Å². The Kier molecular flexibility index (Phi) is 15.7. The number of aldehydes is 1. The minimum atomic E-state index is 0.387. The van der Waals surface area contributed by atoms with E-state index in [1.807, 2.05) is 0 Å². The SMILES string of the molecule is COCOCC/C=C/CCCCCCCCC=O. The van der Waals surface area contributed by atoms with Crippen LogP contribution in [-0.4, -0.2) is 26.8 Å². The molecule has 0 fully saturated rings. The third-order valence-corrected chi connectivity index (χ3v) is 2.74. The molecule has 0 aromatic carbocycles. The third kappa shape index (κ3) is 15.3. The monoisotopic (exact) mass is 256 g/mol. The smallest absolute Gasteiger partial charge is 0.146 e. The second-order valence-electron chi connectivity index (χ2n) is 4.44. The van der Waals surface area contributed by atoms with Gasteiger partial charge in [-0.15, -0.1) is 0 Å². The summed E-state index contributed by atoms with van der Waals surface area (Å²) in [6.45, 7) is 1.12. The van der Waals surface area contributed by atoms with Crippen molar-refractivity contribution in [3.8, 4) is 0 Å². The molecule has 0 heterocycles. The predicted molar refractivity (Wildman–Crippen MR) is 74.6 cm³/mol. The van der Waals surface area contributed by atoms with E-state index in [1.165, 1.54) is 38.5 Å². The Bertz CT molecular complexity index is 190. The molecule has 0 rings (SSSR count). The Balaban J connectivity index is 3.01. The number of unbranched alkanes of at least 4 members (excludes halogenated alkanes) is 7. The first kappa shape index (κ1) is 17.3. The molecule has 0 radical (unpaired) electrons. The molecule has 0 bridgehead atoms. The molecule has 0 unspecified atom stereocenters. The van der Waals surface area contributed by atoms with E-state index in [-0.39, 0.29) is 0 Å². The molecule has 0 aliphatic rings. The van der Waals surface area contributed by atoms with Gasteiger partial charge in [0.2, 0.25) is 0 Å². The molecular weight excluding hydrogens is 228 g/mol. The molecule has 3 heteroatoms. The second-order valence-corrected chi connectivity index (χ2v) is 4.44. The Morgan fingerprint density at radius 1 is 0.833 bits per heavy atom. The summed E-state index contributed by atoms with van der Waals surface area (Å²) in [5, 5.41) is 0. The van der Waals surface area contributed by atoms with E-state index in [4.69, 9.17) is 9.47 Å². The van der Waals surface area contributed by atoms with Crippen molar-refractivity contribution >= 4 is 6.29 Å². The van der Waals surface area contributed by atoms with E-state index in [1.54, 1.807) is 7.11 Å². The minimum Gasteiger partial charge on any atom is -0.359 e. The van der Waals surface area contributed by atoms with E-state index in [9.17, 15) is 4.79 Å². The highest BCUT2D eigenvalue weighted by Crippen LogP contribution is 2.08. The van der Waals surface area contributed by atoms with E-state index in [0.29, 0.717) is 6.79 Å². The maximum atomic E-state index is 10.1. The fourth-order valence-electron chi connectivity index (χ4n) is 1.73. The van der Waals surface area contributed by atoms with Gasteiger partial charge in [0.05, 0.1) is 6.61 Å². The van der Waals surface area contributed by atoms with Gasteiger partial charge < -0.3 is 14.3 Å². The van der Waals surface area contributed by atoms with E-state index < -0.39 is 0 Å². The van der Waals surface area contributed by atoms with Gasteiger partial charge in [-0.3, -0.25) is 0 Å². The number of rotatable bonds is 14. The topological polar surface area (TPSA) is 35.5 Å². The van der Waals surface area contributed by atoms with Crippen molar-refractivity contribution in [3.05, 3.63) is 12.2 Å². The first-order valence-corrected chi connectivity index (χ1v) is 7.07. The molecule has 0 spiro atoms. The zero-order chi connectivity index (χ0) is 13.3. The summed E-state index contributed by atoms with van der Waals surface area (Å²) in [5.74, 6) is 0. The maximum absolute atomic E-state index is 10.1. The zero-order valence-corrected chi connectivity index (χ0v) is 11.7. The quantitative estimate of drug-likeness (QED) is 0.205. The standard InChI is InChI=1S/C15H28O3/c1-17-15-18-14-12-10-8-6-4-2-3-5-7-9-11-13-16/h8,10,13H,2-7,9,11-12,14-15H2,1H3/b10-8+. The van der Waals surface area contributed by atoms with Gasteiger partial charge >= 0.3 is 0 Å². The fraction of sp³-hybridized carbons (Fsp3) is 0.800. The number of ether oxygens (including phenoxy) is 2. The summed E-state index contributed by atoms with van der Waals surface area (Å²) in [6, 6.07) is 0. The van der Waals surface area contributed by atoms with Crippen LogP contribution in [0, 0.1) is 0 Å². The van der Waals surface area contributed by atoms with Crippen molar-refractivity contribution in [2.24, 2.45) is 0 Å². The van der Waals surface area contributed by atoms with Crippen LogP contribution < -0.4 is 0 Å². The molecule has 0 aromatic heterocycles. The predicted octanol–water partition coefficient (Wildman–Crippen LogP) is 3.87. The number of methoxy groups -OCH3 is 1. The van der Waals surface area contributed by atoms with E-state index in [2.05, 4.69) is 12.2 Å². The molecule has 106 valence electrons. The van der Waals surface area contributed by atoms with Crippen molar-refractivity contribution < 1.29 is 14.3 Å². The summed E-state index contributed by atoms with van der Waals surface area (Å²) < 4.78 is 9.96. The summed E-state index contributed by atoms with van der Waals surface area (Å²) in [7, 11) is 1.63. The van der Waals surface area contributed by atoms with E-state index >= 15 is 0 Å². The van der Waals surface area contributed by atoms with Crippen LogP contribution in [0.2, 0.25) is 0 Å². The number of carbonyl (C=O) groups excluding carboxylic acids is 1. The van der Waals surface area contributed by atoms with Gasteiger partial charge in [-0.05, 0) is 25.7 Å². The lowest BCUT2D eigenvalue weighted by Gasteiger charge is -1.99. The number of hydrogen-bond donors (Lipinski definition) is 0. The van der Waals surface area contributed by atoms with Gasteiger partial charge in [0.1, 0.15) is 13.1 Å². The Morgan fingerprint density at radius 3 is 2.11 bits per heavy atom. The first-order chi connectivity index (χ1) is 8.91. The highest BCUT2D eigenvalue weighted by molar-refractivity contribution is 5.48. The molecule has 3 nitrogen and oxygen atoms in total. The molecule has 0 aliphatic heterocycles. The van der Waals surface area contributed by atoms with E-state index in [0.717, 1.165) is 32.2 Å². The fourth-order valence-corrected chi connectivity index (χ4v) is 1.73. The van der Waals surface area contributed by atoms with Gasteiger partial charge in [-0.25, -0.2) is 0 Å². The first-order valence-electron chi connectivity index (χ1n) is 7.07. The van der Waals surface area contributed by atoms with Gasteiger partial charge in [0, 0.05) is 13.5 Å². The Hall–Kier alpha value is -0.670. The third-order valence-electron chi connectivity index (χ3n) is 2.74.